The normalized spacial score (nSPS) is 13.1. The van der Waals surface area contributed by atoms with Crippen LogP contribution in [-0.2, 0) is 18.6 Å². The molecule has 3 atom stereocenters. The largest absolute Gasteiger partial charge is 0.461 e. The lowest BCUT2D eigenvalue weighted by molar-refractivity contribution is 0.0163. The van der Waals surface area contributed by atoms with Crippen molar-refractivity contribution >= 4 is 105 Å². The number of pyridine rings is 1. The first-order valence-corrected chi connectivity index (χ1v) is 33.3. The fourth-order valence-electron chi connectivity index (χ4n) is 9.19. The summed E-state index contributed by atoms with van der Waals surface area (Å²) in [6.07, 6.45) is -1.51. The third-order valence-corrected chi connectivity index (χ3v) is 22.7. The van der Waals surface area contributed by atoms with Crippen molar-refractivity contribution < 1.29 is 47.7 Å². The lowest BCUT2D eigenvalue weighted by atomic mass is 10.00. The highest BCUT2D eigenvalue weighted by atomic mass is 32.1. The Labute approximate surface area is 512 Å². The smallest absolute Gasteiger partial charge is 0.408 e. The Bertz CT molecular complexity index is 3790. The van der Waals surface area contributed by atoms with Gasteiger partial charge in [-0.3, -0.25) is 9.59 Å². The van der Waals surface area contributed by atoms with Gasteiger partial charge in [-0.1, -0.05) is 112 Å². The maximum absolute atomic E-state index is 14.9. The van der Waals surface area contributed by atoms with Crippen molar-refractivity contribution in [1.29, 1.82) is 0 Å². The molecule has 0 bridgehead atoms. The van der Waals surface area contributed by atoms with Crippen LogP contribution in [0.25, 0.3) is 43.4 Å². The summed E-state index contributed by atoms with van der Waals surface area (Å²) in [5.74, 6) is -2.22. The molecule has 2 amide bonds. The fraction of sp³-hybridized carbons (Fsp3) is 0.295. The van der Waals surface area contributed by atoms with Crippen molar-refractivity contribution in [3.63, 3.8) is 0 Å². The second kappa shape index (κ2) is 26.0. The van der Waals surface area contributed by atoms with Gasteiger partial charge in [0.05, 0.1) is 24.0 Å². The molecule has 3 aromatic carbocycles. The third kappa shape index (κ3) is 14.4. The fourth-order valence-corrected chi connectivity index (χ4v) is 18.3. The minimum Gasteiger partial charge on any atom is -0.461 e. The van der Waals surface area contributed by atoms with Crippen LogP contribution in [0.4, 0.5) is 4.79 Å². The van der Waals surface area contributed by atoms with E-state index in [4.69, 9.17) is 38.6 Å². The van der Waals surface area contributed by atoms with Crippen molar-refractivity contribution in [3.05, 3.63) is 163 Å². The average molecular weight is 1260 g/mol. The first kappa shape index (κ1) is 62.0. The number of hydrogen-bond donors (Lipinski definition) is 3. The van der Waals surface area contributed by atoms with Gasteiger partial charge >= 0.3 is 18.0 Å². The Balaban J connectivity index is 1.10. The topological polar surface area (TPSA) is 244 Å². The molecule has 0 radical (unpaired) electrons. The predicted octanol–water partition coefficient (Wildman–Crippen LogP) is 12.0. The van der Waals surface area contributed by atoms with Gasteiger partial charge in [-0.05, 0) is 76.0 Å². The molecule has 9 rings (SSSR count). The zero-order valence-corrected chi connectivity index (χ0v) is 53.3. The molecule has 24 heteroatoms. The second-order valence-corrected chi connectivity index (χ2v) is 30.7. The van der Waals surface area contributed by atoms with Crippen LogP contribution in [-0.4, -0.2) is 104 Å². The number of aromatic nitrogens is 6. The molecule has 6 aromatic heterocycles. The van der Waals surface area contributed by atoms with Crippen LogP contribution in [0.5, 0.6) is 0 Å². The SMILES string of the molecule is CCOC(=O)c1csc(-c2ccc(-c3nc(-c4nc(C(=O)OCC(=O)c5ccccc5)cs4)cs3)nc2-c2csc([C@@H](NC(=O)c3csc([C@H](NC(=O)OC(C)(C)C)C(C)(C)O)n3)[C@@H](C)O[Si](c3ccccc3)(c3ccccc3)C(C)(C)C)n2)n1. The lowest BCUT2D eigenvalue weighted by Gasteiger charge is -2.45. The Hall–Kier alpha value is -7.55. The van der Waals surface area contributed by atoms with Crippen LogP contribution in [0.2, 0.25) is 5.04 Å². The van der Waals surface area contributed by atoms with E-state index < -0.39 is 73.3 Å². The number of carbonyl (C=O) groups excluding carboxylic acids is 5. The van der Waals surface area contributed by atoms with Crippen molar-refractivity contribution in [1.82, 2.24) is 40.5 Å². The molecular weight excluding hydrogens is 1190 g/mol. The van der Waals surface area contributed by atoms with E-state index in [2.05, 4.69) is 65.6 Å². The monoisotopic (exact) mass is 1250 g/mol. The summed E-state index contributed by atoms with van der Waals surface area (Å²) in [4.78, 5) is 95.9. The number of nitrogens with one attached hydrogen (secondary N) is 2. The van der Waals surface area contributed by atoms with Gasteiger partial charge < -0.3 is 34.4 Å². The van der Waals surface area contributed by atoms with Crippen LogP contribution in [0.15, 0.2) is 130 Å². The molecule has 0 saturated carbocycles. The second-order valence-electron chi connectivity index (χ2n) is 22.1. The molecule has 85 heavy (non-hydrogen) atoms. The van der Waals surface area contributed by atoms with E-state index in [0.29, 0.717) is 53.9 Å². The van der Waals surface area contributed by atoms with E-state index in [9.17, 15) is 29.1 Å². The minimum absolute atomic E-state index is 0.0320. The highest BCUT2D eigenvalue weighted by molar-refractivity contribution is 7.15. The summed E-state index contributed by atoms with van der Waals surface area (Å²) in [6.45, 7) is 18.2. The van der Waals surface area contributed by atoms with Gasteiger partial charge in [-0.15, -0.1) is 56.7 Å². The van der Waals surface area contributed by atoms with E-state index in [1.54, 1.807) is 85.6 Å². The first-order chi connectivity index (χ1) is 40.4. The van der Waals surface area contributed by atoms with Crippen LogP contribution < -0.4 is 21.0 Å². The molecular formula is C61H62N8O10S5Si. The Kier molecular flexibility index (Phi) is 18.9. The van der Waals surface area contributed by atoms with Crippen LogP contribution in [0, 0.1) is 0 Å². The number of ether oxygens (including phenoxy) is 3. The molecule has 0 spiro atoms. The quantitative estimate of drug-likeness (QED) is 0.0262. The van der Waals surface area contributed by atoms with E-state index in [0.717, 1.165) is 21.7 Å². The molecule has 18 nitrogen and oxygen atoms in total. The van der Waals surface area contributed by atoms with Crippen molar-refractivity contribution in [2.24, 2.45) is 0 Å². The van der Waals surface area contributed by atoms with E-state index in [-0.39, 0.29) is 34.5 Å². The van der Waals surface area contributed by atoms with Crippen LogP contribution in [0.3, 0.4) is 0 Å². The molecule has 0 unspecified atom stereocenters. The number of alkyl carbamates (subject to hydrolysis) is 1. The number of carbonyl (C=O) groups is 5. The summed E-state index contributed by atoms with van der Waals surface area (Å²) < 4.78 is 23.8. The Morgan fingerprint density at radius 2 is 1.13 bits per heavy atom. The van der Waals surface area contributed by atoms with E-state index >= 15 is 0 Å². The zero-order valence-electron chi connectivity index (χ0n) is 48.2. The molecule has 0 fully saturated rings. The molecule has 0 aliphatic heterocycles. The highest BCUT2D eigenvalue weighted by Crippen LogP contribution is 2.42. The Morgan fingerprint density at radius 1 is 0.576 bits per heavy atom. The first-order valence-electron chi connectivity index (χ1n) is 27.0. The summed E-state index contributed by atoms with van der Waals surface area (Å²) >= 11 is 6.14. The van der Waals surface area contributed by atoms with Gasteiger partial charge in [0.25, 0.3) is 14.2 Å². The number of esters is 2. The third-order valence-electron chi connectivity index (χ3n) is 13.1. The maximum atomic E-state index is 14.9. The summed E-state index contributed by atoms with van der Waals surface area (Å²) in [5.41, 5.74) is 0.635. The standard InChI is InChI=1S/C61H62N8O10S5Si/c1-11-76-56(72)44-33-80-51(66-44)39-27-28-40(52-65-43(32-81-52)53-67-45(34-82-53)57(73)77-29-46(70)36-21-15-12-16-22-36)62-48(39)41-30-83-54(63-41)47(35(2)79-85(60(6,7)8,37-23-17-13-18-24-37)38-25-19-14-20-26-38)68-50(71)42-31-84-55(64-42)49(61(9,10)75)69-58(74)78-59(3,4)5/h12-28,30-35,47,49,75H,11,29H2,1-10H3,(H,68,71)(H,69,74)/t35-,47+,49+/m1/s1. The number of Topliss-reactive ketones (excluding diaryl/α,β-unsaturated/α-hetero) is 1. The van der Waals surface area contributed by atoms with E-state index in [1.165, 1.54) is 59.2 Å². The highest BCUT2D eigenvalue weighted by Gasteiger charge is 2.52. The number of thiazole rings is 5. The van der Waals surface area contributed by atoms with Crippen LogP contribution in [0.1, 0.15) is 133 Å². The minimum atomic E-state index is -3.29. The molecule has 440 valence electrons. The number of hydrogen-bond acceptors (Lipinski definition) is 21. The van der Waals surface area contributed by atoms with Gasteiger partial charge in [0.2, 0.25) is 0 Å². The average Bonchev–Trinajstić information content (AvgIpc) is 1.56. The molecule has 0 aliphatic rings. The number of aliphatic hydroxyl groups is 1. The van der Waals surface area contributed by atoms with Gasteiger partial charge in [0.1, 0.15) is 65.5 Å². The number of rotatable bonds is 21. The maximum Gasteiger partial charge on any atom is 0.408 e. The van der Waals surface area contributed by atoms with Gasteiger partial charge in [0.15, 0.2) is 23.8 Å². The lowest BCUT2D eigenvalue weighted by Crippen LogP contribution is -2.68. The number of amides is 2. The molecule has 0 saturated heterocycles. The predicted molar refractivity (Wildman–Crippen MR) is 335 cm³/mol. The van der Waals surface area contributed by atoms with Crippen molar-refractivity contribution in [3.8, 4) is 43.4 Å². The number of nitrogens with zero attached hydrogens (tertiary/aromatic N) is 6. The number of ketones is 1. The van der Waals surface area contributed by atoms with Gasteiger partial charge in [-0.2, -0.15) is 0 Å². The summed E-state index contributed by atoms with van der Waals surface area (Å²) in [7, 11) is -3.29. The molecule has 0 aliphatic carbocycles. The van der Waals surface area contributed by atoms with E-state index in [1.807, 2.05) is 54.8 Å². The summed E-state index contributed by atoms with van der Waals surface area (Å²) in [5, 5.41) is 29.5. The molecule has 9 aromatic rings. The summed E-state index contributed by atoms with van der Waals surface area (Å²) in [6, 6.07) is 30.6. The Morgan fingerprint density at radius 3 is 1.74 bits per heavy atom. The van der Waals surface area contributed by atoms with Gasteiger partial charge in [0, 0.05) is 38.0 Å². The number of benzene rings is 3. The molecule has 3 N–H and O–H groups in total. The van der Waals surface area contributed by atoms with Crippen LogP contribution >= 0.6 is 56.7 Å². The zero-order chi connectivity index (χ0) is 60.8. The van der Waals surface area contributed by atoms with Gasteiger partial charge in [-0.25, -0.2) is 44.3 Å². The molecule has 6 heterocycles. The van der Waals surface area contributed by atoms with Crippen molar-refractivity contribution in [2.75, 3.05) is 13.2 Å². The van der Waals surface area contributed by atoms with Crippen molar-refractivity contribution in [2.45, 2.75) is 104 Å².